The minimum Gasteiger partial charge on any atom is -0.416 e. The van der Waals surface area contributed by atoms with Gasteiger partial charge in [-0.2, -0.15) is 0 Å². The Bertz CT molecular complexity index is 541. The van der Waals surface area contributed by atoms with Crippen LogP contribution in [0.25, 0.3) is 0 Å². The van der Waals surface area contributed by atoms with Crippen LogP contribution in [0, 0.1) is 6.92 Å². The van der Waals surface area contributed by atoms with Crippen molar-refractivity contribution in [3.8, 4) is 0 Å². The minimum atomic E-state index is 0.226. The van der Waals surface area contributed by atoms with Crippen molar-refractivity contribution in [3.63, 3.8) is 0 Å². The van der Waals surface area contributed by atoms with Crippen molar-refractivity contribution >= 4 is 17.6 Å². The van der Waals surface area contributed by atoms with Crippen molar-refractivity contribution in [2.45, 2.75) is 36.9 Å². The van der Waals surface area contributed by atoms with E-state index in [4.69, 9.17) is 10.3 Å². The zero-order valence-electron chi connectivity index (χ0n) is 10.3. The summed E-state index contributed by atoms with van der Waals surface area (Å²) in [5, 5.41) is 8.93. The lowest BCUT2D eigenvalue weighted by Gasteiger charge is -2.13. The average Bonchev–Trinajstić information content (AvgIpc) is 2.74. The van der Waals surface area contributed by atoms with Gasteiger partial charge in [-0.15, -0.1) is 10.2 Å². The van der Waals surface area contributed by atoms with Crippen LogP contribution in [-0.4, -0.2) is 20.2 Å². The number of nitrogens with one attached hydrogen (secondary N) is 1. The van der Waals surface area contributed by atoms with E-state index in [0.29, 0.717) is 16.9 Å². The molecule has 0 amide bonds. The Kier molecular flexibility index (Phi) is 3.78. The number of aryl methyl sites for hydroxylation is 1. The molecule has 0 saturated heterocycles. The fourth-order valence-corrected chi connectivity index (χ4v) is 2.45. The van der Waals surface area contributed by atoms with Crippen LogP contribution in [0.1, 0.15) is 31.2 Å². The summed E-state index contributed by atoms with van der Waals surface area (Å²) in [7, 11) is 0. The Balaban J connectivity index is 2.37. The fraction of sp³-hybridized carbons (Fsp3) is 0.400. The minimum absolute atomic E-state index is 0.226. The summed E-state index contributed by atoms with van der Waals surface area (Å²) in [5.41, 5.74) is 3.51. The number of hydrogen-bond acceptors (Lipinski definition) is 8. The number of nitrogens with zero attached hydrogens (tertiary/aromatic N) is 4. The number of hydrogen-bond donors (Lipinski definition) is 2. The van der Waals surface area contributed by atoms with Crippen molar-refractivity contribution in [1.82, 2.24) is 20.2 Å². The third kappa shape index (κ3) is 2.59. The van der Waals surface area contributed by atoms with Crippen molar-refractivity contribution in [3.05, 3.63) is 17.8 Å². The molecule has 2 aromatic heterocycles. The summed E-state index contributed by atoms with van der Waals surface area (Å²) in [5.74, 6) is 6.81. The molecule has 0 fully saturated rings. The second-order valence-electron chi connectivity index (χ2n) is 3.93. The summed E-state index contributed by atoms with van der Waals surface area (Å²) < 4.78 is 5.32. The number of nitrogen functional groups attached to an aromatic ring is 1. The third-order valence-corrected chi connectivity index (χ3v) is 3.11. The van der Waals surface area contributed by atoms with Gasteiger partial charge in [0, 0.05) is 12.5 Å². The highest BCUT2D eigenvalue weighted by Crippen LogP contribution is 2.34. The topological polar surface area (TPSA) is 103 Å². The van der Waals surface area contributed by atoms with Crippen LogP contribution in [0.15, 0.2) is 21.0 Å². The molecule has 18 heavy (non-hydrogen) atoms. The highest BCUT2D eigenvalue weighted by molar-refractivity contribution is 7.99. The molecule has 0 bridgehead atoms. The molecule has 0 aromatic carbocycles. The highest BCUT2D eigenvalue weighted by atomic mass is 32.2. The van der Waals surface area contributed by atoms with Gasteiger partial charge in [0.1, 0.15) is 17.2 Å². The lowest BCUT2D eigenvalue weighted by molar-refractivity contribution is 0.429. The molecule has 2 heterocycles. The molecule has 96 valence electrons. The summed E-state index contributed by atoms with van der Waals surface area (Å²) in [6.07, 6.45) is 1.45. The standard InChI is InChI=1S/C10H14N6OS/c1-5(2)7-8(14-11)12-4-13-9(7)18-10-16-15-6(3)17-10/h4-5H,11H2,1-3H3,(H,12,13,14). The Morgan fingerprint density at radius 3 is 2.67 bits per heavy atom. The summed E-state index contributed by atoms with van der Waals surface area (Å²) in [4.78, 5) is 8.34. The maximum Gasteiger partial charge on any atom is 0.282 e. The van der Waals surface area contributed by atoms with Crippen LogP contribution >= 0.6 is 11.8 Å². The van der Waals surface area contributed by atoms with E-state index in [2.05, 4.69) is 25.6 Å². The number of nitrogens with two attached hydrogens (primary N) is 1. The van der Waals surface area contributed by atoms with Gasteiger partial charge in [0.25, 0.3) is 5.22 Å². The van der Waals surface area contributed by atoms with Gasteiger partial charge in [-0.1, -0.05) is 13.8 Å². The molecule has 3 N–H and O–H groups in total. The van der Waals surface area contributed by atoms with Gasteiger partial charge in [0.15, 0.2) is 0 Å². The molecule has 0 saturated carbocycles. The van der Waals surface area contributed by atoms with E-state index in [9.17, 15) is 0 Å². The summed E-state index contributed by atoms with van der Waals surface area (Å²) >= 11 is 1.31. The van der Waals surface area contributed by atoms with E-state index in [1.54, 1.807) is 6.92 Å². The maximum atomic E-state index is 5.45. The van der Waals surface area contributed by atoms with E-state index in [1.165, 1.54) is 18.1 Å². The van der Waals surface area contributed by atoms with E-state index >= 15 is 0 Å². The van der Waals surface area contributed by atoms with Gasteiger partial charge < -0.3 is 9.84 Å². The van der Waals surface area contributed by atoms with Crippen LogP contribution in [0.5, 0.6) is 0 Å². The van der Waals surface area contributed by atoms with E-state index in [-0.39, 0.29) is 5.92 Å². The van der Waals surface area contributed by atoms with Crippen LogP contribution in [0.2, 0.25) is 0 Å². The third-order valence-electron chi connectivity index (χ3n) is 2.25. The normalized spacial score (nSPS) is 10.9. The maximum absolute atomic E-state index is 5.45. The average molecular weight is 266 g/mol. The van der Waals surface area contributed by atoms with Gasteiger partial charge in [0.05, 0.1) is 0 Å². The SMILES string of the molecule is Cc1nnc(Sc2ncnc(NN)c2C(C)C)o1. The predicted octanol–water partition coefficient (Wildman–Crippen LogP) is 1.73. The zero-order chi connectivity index (χ0) is 13.1. The molecule has 0 aliphatic rings. The smallest absolute Gasteiger partial charge is 0.282 e. The lowest BCUT2D eigenvalue weighted by atomic mass is 10.1. The first-order chi connectivity index (χ1) is 8.61. The molecular weight excluding hydrogens is 252 g/mol. The first-order valence-electron chi connectivity index (χ1n) is 5.41. The van der Waals surface area contributed by atoms with Crippen molar-refractivity contribution in [2.24, 2.45) is 5.84 Å². The van der Waals surface area contributed by atoms with Gasteiger partial charge >= 0.3 is 0 Å². The first-order valence-corrected chi connectivity index (χ1v) is 6.23. The second kappa shape index (κ2) is 5.32. The van der Waals surface area contributed by atoms with E-state index in [1.807, 2.05) is 13.8 Å². The molecule has 0 radical (unpaired) electrons. The van der Waals surface area contributed by atoms with Crippen molar-refractivity contribution in [2.75, 3.05) is 5.43 Å². The second-order valence-corrected chi connectivity index (χ2v) is 4.87. The number of rotatable bonds is 4. The molecule has 8 heteroatoms. The highest BCUT2D eigenvalue weighted by Gasteiger charge is 2.17. The summed E-state index contributed by atoms with van der Waals surface area (Å²) in [6, 6.07) is 0. The quantitative estimate of drug-likeness (QED) is 0.490. The van der Waals surface area contributed by atoms with Crippen LogP contribution in [0.3, 0.4) is 0 Å². The molecule has 0 aliphatic heterocycles. The molecule has 0 atom stereocenters. The molecule has 7 nitrogen and oxygen atoms in total. The fourth-order valence-electron chi connectivity index (χ4n) is 1.50. The lowest BCUT2D eigenvalue weighted by Crippen LogP contribution is -2.13. The Morgan fingerprint density at radius 2 is 2.11 bits per heavy atom. The van der Waals surface area contributed by atoms with Gasteiger partial charge in [0.2, 0.25) is 5.89 Å². The van der Waals surface area contributed by atoms with Gasteiger partial charge in [-0.25, -0.2) is 15.8 Å². The Morgan fingerprint density at radius 1 is 1.33 bits per heavy atom. The van der Waals surface area contributed by atoms with Gasteiger partial charge in [-0.05, 0) is 17.7 Å². The number of anilines is 1. The number of aromatic nitrogens is 4. The van der Waals surface area contributed by atoms with E-state index in [0.717, 1.165) is 10.6 Å². The summed E-state index contributed by atoms with van der Waals surface area (Å²) in [6.45, 7) is 5.83. The van der Waals surface area contributed by atoms with Gasteiger partial charge in [-0.3, -0.25) is 0 Å². The molecular formula is C10H14N6OS. The molecule has 2 aromatic rings. The molecule has 0 aliphatic carbocycles. The molecule has 0 unspecified atom stereocenters. The largest absolute Gasteiger partial charge is 0.416 e. The van der Waals surface area contributed by atoms with Crippen molar-refractivity contribution in [1.29, 1.82) is 0 Å². The van der Waals surface area contributed by atoms with E-state index < -0.39 is 0 Å². The van der Waals surface area contributed by atoms with Crippen molar-refractivity contribution < 1.29 is 4.42 Å². The van der Waals surface area contributed by atoms with Crippen LogP contribution in [0.4, 0.5) is 5.82 Å². The zero-order valence-corrected chi connectivity index (χ0v) is 11.2. The van der Waals surface area contributed by atoms with Crippen LogP contribution in [-0.2, 0) is 0 Å². The predicted molar refractivity (Wildman–Crippen MR) is 67.1 cm³/mol. The first kappa shape index (κ1) is 12.8. The monoisotopic (exact) mass is 266 g/mol. The molecule has 0 spiro atoms. The number of hydrazine groups is 1. The molecule has 2 rings (SSSR count). The Hall–Kier alpha value is -1.67. The Labute approximate surface area is 109 Å². The van der Waals surface area contributed by atoms with Crippen LogP contribution < -0.4 is 11.3 Å².